The van der Waals surface area contributed by atoms with Gasteiger partial charge in [-0.05, 0) is 30.3 Å². The molecular formula is C21H32O8SSi. The van der Waals surface area contributed by atoms with Crippen LogP contribution in [0.5, 0.6) is 0 Å². The molecular weight excluding hydrogens is 440 g/mol. The van der Waals surface area contributed by atoms with Crippen molar-refractivity contribution in [1.29, 1.82) is 0 Å². The number of methoxy groups -OCH3 is 1. The van der Waals surface area contributed by atoms with Gasteiger partial charge in [0.25, 0.3) is 0 Å². The quantitative estimate of drug-likeness (QED) is 0.583. The van der Waals surface area contributed by atoms with E-state index in [0.29, 0.717) is 0 Å². The first-order valence-electron chi connectivity index (χ1n) is 10.3. The lowest BCUT2D eigenvalue weighted by Gasteiger charge is -2.46. The molecule has 0 bridgehead atoms. The summed E-state index contributed by atoms with van der Waals surface area (Å²) in [7, 11) is -4.50. The summed E-state index contributed by atoms with van der Waals surface area (Å²) in [4.78, 5) is 13.5. The van der Waals surface area contributed by atoms with Crippen LogP contribution in [0.1, 0.15) is 20.8 Å². The van der Waals surface area contributed by atoms with Crippen molar-refractivity contribution in [3.05, 3.63) is 30.3 Å². The molecule has 0 amide bonds. The van der Waals surface area contributed by atoms with Gasteiger partial charge in [-0.2, -0.15) is 0 Å². The van der Waals surface area contributed by atoms with Crippen molar-refractivity contribution >= 4 is 23.9 Å². The molecule has 5 atom stereocenters. The highest BCUT2D eigenvalue weighted by Gasteiger charge is 2.53. The maximum Gasteiger partial charge on any atom is 0.197 e. The fraction of sp³-hybridized carbons (Fsp3) is 0.667. The van der Waals surface area contributed by atoms with Gasteiger partial charge in [-0.25, -0.2) is 8.42 Å². The van der Waals surface area contributed by atoms with Gasteiger partial charge in [-0.1, -0.05) is 39.0 Å². The maximum absolute atomic E-state index is 13.3. The minimum absolute atomic E-state index is 0.0258. The lowest BCUT2D eigenvalue weighted by molar-refractivity contribution is -0.305. The van der Waals surface area contributed by atoms with Crippen molar-refractivity contribution < 1.29 is 36.6 Å². The van der Waals surface area contributed by atoms with Gasteiger partial charge < -0.3 is 23.4 Å². The Labute approximate surface area is 185 Å². The van der Waals surface area contributed by atoms with Crippen LogP contribution in [-0.4, -0.2) is 72.9 Å². The van der Waals surface area contributed by atoms with Gasteiger partial charge in [0, 0.05) is 7.11 Å². The number of sulfone groups is 1. The molecule has 1 aromatic rings. The lowest BCUT2D eigenvalue weighted by atomic mass is 10.0. The number of fused-ring (bicyclic) bond motifs is 1. The van der Waals surface area contributed by atoms with Gasteiger partial charge in [0.15, 0.2) is 48.7 Å². The van der Waals surface area contributed by atoms with E-state index in [1.54, 1.807) is 18.2 Å². The normalized spacial score (nSPS) is 30.1. The first-order chi connectivity index (χ1) is 14.4. The van der Waals surface area contributed by atoms with E-state index in [9.17, 15) is 13.2 Å². The molecule has 0 aliphatic carbocycles. The molecule has 2 heterocycles. The van der Waals surface area contributed by atoms with Gasteiger partial charge in [-0.3, -0.25) is 4.79 Å². The first-order valence-corrected chi connectivity index (χ1v) is 14.9. The van der Waals surface area contributed by atoms with Crippen LogP contribution in [0.25, 0.3) is 0 Å². The number of benzene rings is 1. The number of carbonyl (C=O) groups is 1. The fourth-order valence-electron chi connectivity index (χ4n) is 3.26. The number of hydrogen-bond donors (Lipinski definition) is 0. The van der Waals surface area contributed by atoms with E-state index in [1.807, 2.05) is 13.1 Å². The molecule has 2 saturated heterocycles. The van der Waals surface area contributed by atoms with Crippen molar-refractivity contribution in [2.45, 2.75) is 74.7 Å². The van der Waals surface area contributed by atoms with E-state index in [0.717, 1.165) is 0 Å². The van der Waals surface area contributed by atoms with E-state index in [4.69, 9.17) is 23.4 Å². The summed E-state index contributed by atoms with van der Waals surface area (Å²) in [5.74, 6) is -0.701. The van der Waals surface area contributed by atoms with Gasteiger partial charge in [0.2, 0.25) is 0 Å². The average molecular weight is 473 g/mol. The van der Waals surface area contributed by atoms with Crippen LogP contribution in [0.4, 0.5) is 0 Å². The largest absolute Gasteiger partial charge is 0.402 e. The van der Waals surface area contributed by atoms with Crippen LogP contribution in [0.15, 0.2) is 35.2 Å². The fourth-order valence-corrected chi connectivity index (χ4v) is 5.77. The molecule has 1 aromatic carbocycles. The zero-order valence-corrected chi connectivity index (χ0v) is 20.7. The number of carbonyl (C=O) groups excluding carboxylic acids is 1. The molecule has 0 saturated carbocycles. The van der Waals surface area contributed by atoms with E-state index in [-0.39, 0.29) is 22.3 Å². The molecule has 2 aliphatic rings. The zero-order valence-electron chi connectivity index (χ0n) is 18.9. The van der Waals surface area contributed by atoms with E-state index in [2.05, 4.69) is 20.8 Å². The molecule has 0 spiro atoms. The molecule has 31 heavy (non-hydrogen) atoms. The van der Waals surface area contributed by atoms with Crippen molar-refractivity contribution in [2.24, 2.45) is 0 Å². The Morgan fingerprint density at radius 2 is 1.77 bits per heavy atom. The van der Waals surface area contributed by atoms with Gasteiger partial charge in [0.05, 0.1) is 11.5 Å². The molecule has 0 aromatic heterocycles. The van der Waals surface area contributed by atoms with Crippen LogP contribution in [-0.2, 0) is 38.0 Å². The van der Waals surface area contributed by atoms with Crippen LogP contribution in [0.2, 0.25) is 18.1 Å². The van der Waals surface area contributed by atoms with Crippen molar-refractivity contribution in [3.63, 3.8) is 0 Å². The summed E-state index contributed by atoms with van der Waals surface area (Å²) in [5, 5.41) is -0.120. The number of rotatable bonds is 6. The Balaban J connectivity index is 1.75. The molecule has 0 unspecified atom stereocenters. The Hall–Kier alpha value is -1.14. The second-order valence-electron chi connectivity index (χ2n) is 9.39. The predicted molar refractivity (Wildman–Crippen MR) is 116 cm³/mol. The Kier molecular flexibility index (Phi) is 7.12. The summed E-state index contributed by atoms with van der Waals surface area (Å²) in [6.45, 7) is 10.3. The third-order valence-electron chi connectivity index (χ3n) is 6.12. The highest BCUT2D eigenvalue weighted by molar-refractivity contribution is 7.91. The predicted octanol–water partition coefficient (Wildman–Crippen LogP) is 2.53. The SMILES string of the molecule is CO[C@@H]1O[C@@H]2CO[C@@H](CS(=O)(=O)c3ccccc3)O[C@H]2C(=O)[C@H]1O[Si](C)(C)C(C)(C)C. The molecule has 3 rings (SSSR count). The molecule has 10 heteroatoms. The summed E-state index contributed by atoms with van der Waals surface area (Å²) in [5.41, 5.74) is 0. The Bertz CT molecular complexity index is 880. The van der Waals surface area contributed by atoms with E-state index in [1.165, 1.54) is 19.2 Å². The average Bonchev–Trinajstić information content (AvgIpc) is 2.70. The Morgan fingerprint density at radius 3 is 2.35 bits per heavy atom. The van der Waals surface area contributed by atoms with E-state index < -0.39 is 54.8 Å². The van der Waals surface area contributed by atoms with Crippen LogP contribution >= 0.6 is 0 Å². The second kappa shape index (κ2) is 9.01. The first kappa shape index (κ1) is 24.5. The number of hydrogen-bond acceptors (Lipinski definition) is 8. The van der Waals surface area contributed by atoms with Gasteiger partial charge in [-0.15, -0.1) is 0 Å². The summed E-state index contributed by atoms with van der Waals surface area (Å²) >= 11 is 0. The molecule has 174 valence electrons. The molecule has 2 aliphatic heterocycles. The minimum atomic E-state index is -3.64. The van der Waals surface area contributed by atoms with Gasteiger partial charge >= 0.3 is 0 Å². The smallest absolute Gasteiger partial charge is 0.197 e. The van der Waals surface area contributed by atoms with Crippen molar-refractivity contribution in [1.82, 2.24) is 0 Å². The summed E-state index contributed by atoms with van der Waals surface area (Å²) in [6.07, 6.45) is -4.57. The number of Topliss-reactive ketones (excluding diaryl/α,β-unsaturated/α-hetero) is 1. The van der Waals surface area contributed by atoms with Crippen molar-refractivity contribution in [3.8, 4) is 0 Å². The minimum Gasteiger partial charge on any atom is -0.402 e. The third-order valence-corrected chi connectivity index (χ3v) is 12.3. The topological polar surface area (TPSA) is 97.4 Å². The van der Waals surface area contributed by atoms with Crippen molar-refractivity contribution in [2.75, 3.05) is 19.5 Å². The molecule has 0 N–H and O–H groups in total. The molecule has 0 radical (unpaired) electrons. The zero-order chi connectivity index (χ0) is 23.0. The summed E-state index contributed by atoms with van der Waals surface area (Å²) in [6, 6.07) is 8.07. The standard InChI is InChI=1S/C21H32O8SSi/c1-21(2,3)31(5,6)29-19-17(22)18-15(27-20(19)25-4)12-26-16(28-18)13-30(23,24)14-10-8-7-9-11-14/h7-11,15-16,18-20H,12-13H2,1-6H3/t15-,16-,18-,19-,20-/m1/s1. The maximum atomic E-state index is 13.3. The third kappa shape index (κ3) is 5.27. The number of ether oxygens (including phenoxy) is 4. The Morgan fingerprint density at radius 1 is 1.13 bits per heavy atom. The van der Waals surface area contributed by atoms with Crippen LogP contribution in [0.3, 0.4) is 0 Å². The summed E-state index contributed by atoms with van der Waals surface area (Å²) < 4.78 is 54.3. The lowest BCUT2D eigenvalue weighted by Crippen LogP contribution is -2.64. The van der Waals surface area contributed by atoms with Crippen LogP contribution < -0.4 is 0 Å². The number of ketones is 1. The van der Waals surface area contributed by atoms with E-state index >= 15 is 0 Å². The monoisotopic (exact) mass is 472 g/mol. The highest BCUT2D eigenvalue weighted by atomic mass is 32.2. The second-order valence-corrected chi connectivity index (χ2v) is 16.2. The van der Waals surface area contributed by atoms with Gasteiger partial charge in [0.1, 0.15) is 11.9 Å². The molecule has 2 fully saturated rings. The molecule has 8 nitrogen and oxygen atoms in total. The van der Waals surface area contributed by atoms with Crippen LogP contribution in [0, 0.1) is 0 Å². The highest BCUT2D eigenvalue weighted by Crippen LogP contribution is 2.39.